The summed E-state index contributed by atoms with van der Waals surface area (Å²) in [6, 6.07) is 9.33. The number of aryl methyl sites for hydroxylation is 1. The van der Waals surface area contributed by atoms with Crippen LogP contribution in [0.15, 0.2) is 24.3 Å². The molecule has 1 unspecified atom stereocenters. The number of rotatable bonds is 6. The lowest BCUT2D eigenvalue weighted by Gasteiger charge is -2.43. The van der Waals surface area contributed by atoms with Crippen molar-refractivity contribution in [3.05, 3.63) is 35.4 Å². The van der Waals surface area contributed by atoms with Gasteiger partial charge in [0.2, 0.25) is 0 Å². The Morgan fingerprint density at radius 3 is 2.62 bits per heavy atom. The normalized spacial score (nSPS) is 20.4. The van der Waals surface area contributed by atoms with Gasteiger partial charge in [-0.25, -0.2) is 0 Å². The van der Waals surface area contributed by atoms with Crippen LogP contribution in [0.3, 0.4) is 0 Å². The Hall–Kier alpha value is -0.900. The standard InChI is InChI=1S/C18H30N2O/c1-5-10-19-17(16-8-6-15(2)7-9-16)13-20-11-12-21-14-18(20,3)4/h6-9,17,19H,5,10-14H2,1-4H3. The van der Waals surface area contributed by atoms with E-state index in [1.165, 1.54) is 11.1 Å². The molecule has 0 saturated carbocycles. The Bertz CT molecular complexity index is 427. The van der Waals surface area contributed by atoms with Crippen LogP contribution < -0.4 is 5.32 Å². The minimum atomic E-state index is 0.120. The molecule has 3 heteroatoms. The van der Waals surface area contributed by atoms with Gasteiger partial charge in [-0.1, -0.05) is 36.8 Å². The molecule has 0 spiro atoms. The summed E-state index contributed by atoms with van der Waals surface area (Å²) < 4.78 is 5.64. The molecule has 1 N–H and O–H groups in total. The summed E-state index contributed by atoms with van der Waals surface area (Å²) >= 11 is 0. The van der Waals surface area contributed by atoms with Crippen molar-refractivity contribution >= 4 is 0 Å². The summed E-state index contributed by atoms with van der Waals surface area (Å²) in [5.74, 6) is 0. The van der Waals surface area contributed by atoms with Crippen molar-refractivity contribution in [1.82, 2.24) is 10.2 Å². The van der Waals surface area contributed by atoms with Crippen LogP contribution in [0.1, 0.15) is 44.4 Å². The van der Waals surface area contributed by atoms with E-state index < -0.39 is 0 Å². The van der Waals surface area contributed by atoms with Crippen LogP contribution in [0.4, 0.5) is 0 Å². The molecule has 3 nitrogen and oxygen atoms in total. The Kier molecular flexibility index (Phi) is 5.80. The van der Waals surface area contributed by atoms with Gasteiger partial charge in [-0.3, -0.25) is 4.90 Å². The van der Waals surface area contributed by atoms with E-state index in [9.17, 15) is 0 Å². The number of benzene rings is 1. The number of hydrogen-bond acceptors (Lipinski definition) is 3. The molecule has 0 aliphatic carbocycles. The highest BCUT2D eigenvalue weighted by Gasteiger charge is 2.32. The maximum Gasteiger partial charge on any atom is 0.0645 e. The first-order chi connectivity index (χ1) is 10.0. The monoisotopic (exact) mass is 290 g/mol. The average molecular weight is 290 g/mol. The largest absolute Gasteiger partial charge is 0.378 e. The van der Waals surface area contributed by atoms with Crippen molar-refractivity contribution in [3.63, 3.8) is 0 Å². The number of morpholine rings is 1. The molecule has 0 bridgehead atoms. The van der Waals surface area contributed by atoms with Crippen LogP contribution in [0.2, 0.25) is 0 Å². The lowest BCUT2D eigenvalue weighted by molar-refractivity contribution is -0.0546. The zero-order valence-corrected chi connectivity index (χ0v) is 14.0. The molecule has 1 atom stereocenters. The van der Waals surface area contributed by atoms with Gasteiger partial charge in [-0.2, -0.15) is 0 Å². The first kappa shape index (κ1) is 16.5. The Labute approximate surface area is 129 Å². The van der Waals surface area contributed by atoms with Crippen molar-refractivity contribution in [1.29, 1.82) is 0 Å². The Balaban J connectivity index is 2.10. The second-order valence-corrected chi connectivity index (χ2v) is 6.73. The van der Waals surface area contributed by atoms with E-state index >= 15 is 0 Å². The van der Waals surface area contributed by atoms with Gasteiger partial charge in [0, 0.05) is 24.7 Å². The molecule has 1 heterocycles. The van der Waals surface area contributed by atoms with Crippen molar-refractivity contribution in [3.8, 4) is 0 Å². The van der Waals surface area contributed by atoms with Crippen LogP contribution in [0.5, 0.6) is 0 Å². The Morgan fingerprint density at radius 1 is 1.29 bits per heavy atom. The van der Waals surface area contributed by atoms with Crippen LogP contribution in [-0.2, 0) is 4.74 Å². The minimum absolute atomic E-state index is 0.120. The van der Waals surface area contributed by atoms with E-state index in [1.54, 1.807) is 0 Å². The van der Waals surface area contributed by atoms with Gasteiger partial charge >= 0.3 is 0 Å². The highest BCUT2D eigenvalue weighted by molar-refractivity contribution is 5.24. The summed E-state index contributed by atoms with van der Waals surface area (Å²) in [4.78, 5) is 2.56. The molecule has 1 aromatic rings. The number of ether oxygens (including phenoxy) is 1. The minimum Gasteiger partial charge on any atom is -0.378 e. The number of nitrogens with zero attached hydrogens (tertiary/aromatic N) is 1. The molecule has 118 valence electrons. The molecule has 21 heavy (non-hydrogen) atoms. The van der Waals surface area contributed by atoms with Crippen LogP contribution in [0, 0.1) is 6.92 Å². The van der Waals surface area contributed by atoms with Gasteiger partial charge in [0.25, 0.3) is 0 Å². The van der Waals surface area contributed by atoms with E-state index in [-0.39, 0.29) is 5.54 Å². The SMILES string of the molecule is CCCNC(CN1CCOCC1(C)C)c1ccc(C)cc1. The summed E-state index contributed by atoms with van der Waals surface area (Å²) in [6.07, 6.45) is 1.16. The Morgan fingerprint density at radius 2 is 2.00 bits per heavy atom. The fourth-order valence-corrected chi connectivity index (χ4v) is 2.85. The molecule has 2 rings (SSSR count). The van der Waals surface area contributed by atoms with E-state index in [4.69, 9.17) is 4.74 Å². The maximum atomic E-state index is 5.64. The lowest BCUT2D eigenvalue weighted by atomic mass is 9.98. The molecule has 1 fully saturated rings. The zero-order chi connectivity index (χ0) is 15.3. The van der Waals surface area contributed by atoms with Crippen LogP contribution in [0.25, 0.3) is 0 Å². The van der Waals surface area contributed by atoms with Gasteiger partial charge in [-0.05, 0) is 39.3 Å². The topological polar surface area (TPSA) is 24.5 Å². The molecule has 0 radical (unpaired) electrons. The summed E-state index contributed by atoms with van der Waals surface area (Å²) in [6.45, 7) is 13.7. The molecule has 1 saturated heterocycles. The second-order valence-electron chi connectivity index (χ2n) is 6.73. The third-order valence-electron chi connectivity index (χ3n) is 4.34. The lowest BCUT2D eigenvalue weighted by Crippen LogP contribution is -2.55. The van der Waals surface area contributed by atoms with E-state index in [0.717, 1.165) is 39.3 Å². The second kappa shape index (κ2) is 7.39. The van der Waals surface area contributed by atoms with Crippen molar-refractivity contribution in [2.24, 2.45) is 0 Å². The molecule has 1 aromatic carbocycles. The van der Waals surface area contributed by atoms with Gasteiger partial charge in [0.05, 0.1) is 13.2 Å². The highest BCUT2D eigenvalue weighted by atomic mass is 16.5. The molecule has 1 aliphatic heterocycles. The first-order valence-electron chi connectivity index (χ1n) is 8.15. The van der Waals surface area contributed by atoms with E-state index in [0.29, 0.717) is 6.04 Å². The highest BCUT2D eigenvalue weighted by Crippen LogP contribution is 2.23. The van der Waals surface area contributed by atoms with Crippen molar-refractivity contribution < 1.29 is 4.74 Å². The third kappa shape index (κ3) is 4.53. The molecule has 0 aromatic heterocycles. The summed E-state index contributed by atoms with van der Waals surface area (Å²) in [7, 11) is 0. The van der Waals surface area contributed by atoms with Gasteiger partial charge in [0.1, 0.15) is 0 Å². The quantitative estimate of drug-likeness (QED) is 0.871. The van der Waals surface area contributed by atoms with E-state index in [2.05, 4.69) is 62.2 Å². The van der Waals surface area contributed by atoms with Gasteiger partial charge < -0.3 is 10.1 Å². The average Bonchev–Trinajstić information content (AvgIpc) is 2.46. The van der Waals surface area contributed by atoms with Crippen molar-refractivity contribution in [2.45, 2.75) is 45.7 Å². The fourth-order valence-electron chi connectivity index (χ4n) is 2.85. The van der Waals surface area contributed by atoms with Gasteiger partial charge in [-0.15, -0.1) is 0 Å². The summed E-state index contributed by atoms with van der Waals surface area (Å²) in [5.41, 5.74) is 2.82. The number of hydrogen-bond donors (Lipinski definition) is 1. The predicted molar refractivity (Wildman–Crippen MR) is 88.7 cm³/mol. The fraction of sp³-hybridized carbons (Fsp3) is 0.667. The number of nitrogens with one attached hydrogen (secondary N) is 1. The van der Waals surface area contributed by atoms with Crippen LogP contribution >= 0.6 is 0 Å². The zero-order valence-electron chi connectivity index (χ0n) is 14.0. The smallest absolute Gasteiger partial charge is 0.0645 e. The molecule has 1 aliphatic rings. The maximum absolute atomic E-state index is 5.64. The third-order valence-corrected chi connectivity index (χ3v) is 4.34. The van der Waals surface area contributed by atoms with E-state index in [1.807, 2.05) is 0 Å². The predicted octanol–water partition coefficient (Wildman–Crippen LogP) is 3.15. The first-order valence-corrected chi connectivity index (χ1v) is 8.15. The summed E-state index contributed by atoms with van der Waals surface area (Å²) in [5, 5.41) is 3.71. The van der Waals surface area contributed by atoms with Gasteiger partial charge in [0.15, 0.2) is 0 Å². The molecular weight excluding hydrogens is 260 g/mol. The molecule has 0 amide bonds. The van der Waals surface area contributed by atoms with Crippen LogP contribution in [-0.4, -0.2) is 43.3 Å². The van der Waals surface area contributed by atoms with Crippen molar-refractivity contribution in [2.75, 3.05) is 32.8 Å². The molecular formula is C18H30N2O.